The molecule has 0 aliphatic rings. The van der Waals surface area contributed by atoms with Crippen molar-refractivity contribution in [2.75, 3.05) is 23.8 Å². The fraction of sp³-hybridized carbons (Fsp3) is 0.188. The van der Waals surface area contributed by atoms with Gasteiger partial charge in [-0.2, -0.15) is 0 Å². The highest BCUT2D eigenvalue weighted by Gasteiger charge is 2.22. The minimum absolute atomic E-state index is 0.0350. The highest BCUT2D eigenvalue weighted by atomic mass is 16.5. The van der Waals surface area contributed by atoms with Crippen LogP contribution >= 0.6 is 0 Å². The van der Waals surface area contributed by atoms with Gasteiger partial charge in [0.05, 0.1) is 5.69 Å². The van der Waals surface area contributed by atoms with E-state index >= 15 is 0 Å². The summed E-state index contributed by atoms with van der Waals surface area (Å²) < 4.78 is 9.71. The number of benzene rings is 1. The number of ether oxygens (including phenoxy) is 1. The molecule has 7 heteroatoms. The number of amides is 1. The van der Waals surface area contributed by atoms with Crippen LogP contribution in [0.3, 0.4) is 0 Å². The number of nitrogens with zero attached hydrogens (tertiary/aromatic N) is 2. The normalized spacial score (nSPS) is 10.1. The van der Waals surface area contributed by atoms with Crippen LogP contribution in [-0.2, 0) is 9.53 Å². The van der Waals surface area contributed by atoms with E-state index in [0.717, 1.165) is 0 Å². The van der Waals surface area contributed by atoms with Gasteiger partial charge >= 0.3 is 5.97 Å². The highest BCUT2D eigenvalue weighted by molar-refractivity contribution is 5.99. The number of aryl methyl sites for hydroxylation is 1. The van der Waals surface area contributed by atoms with Gasteiger partial charge in [-0.25, -0.2) is 4.79 Å². The summed E-state index contributed by atoms with van der Waals surface area (Å²) in [6.45, 7) is 5.07. The second-order valence-electron chi connectivity index (χ2n) is 4.71. The molecule has 1 heterocycles. The van der Waals surface area contributed by atoms with Crippen molar-refractivity contribution in [2.45, 2.75) is 6.92 Å². The van der Waals surface area contributed by atoms with Crippen molar-refractivity contribution in [1.82, 2.24) is 5.16 Å². The Balaban J connectivity index is 2.05. The molecule has 2 aromatic rings. The number of nitrogen functional groups attached to an aromatic ring is 1. The fourth-order valence-corrected chi connectivity index (χ4v) is 2.00. The number of carbonyl (C=O) groups excluding carboxylic acids is 2. The van der Waals surface area contributed by atoms with Crippen molar-refractivity contribution in [3.05, 3.63) is 54.2 Å². The third kappa shape index (κ3) is 3.76. The molecule has 23 heavy (non-hydrogen) atoms. The maximum Gasteiger partial charge on any atom is 0.346 e. The Hall–Kier alpha value is -3.09. The second-order valence-corrected chi connectivity index (χ2v) is 4.71. The Morgan fingerprint density at radius 2 is 2.09 bits per heavy atom. The lowest BCUT2D eigenvalue weighted by molar-refractivity contribution is -0.121. The van der Waals surface area contributed by atoms with Crippen LogP contribution in [0.5, 0.6) is 0 Å². The van der Waals surface area contributed by atoms with Crippen LogP contribution in [0, 0.1) is 6.92 Å². The average Bonchev–Trinajstić information content (AvgIpc) is 2.89. The van der Waals surface area contributed by atoms with Gasteiger partial charge in [0, 0.05) is 12.2 Å². The molecule has 0 aliphatic carbocycles. The summed E-state index contributed by atoms with van der Waals surface area (Å²) in [6, 6.07) is 9.03. The molecule has 0 atom stereocenters. The van der Waals surface area contributed by atoms with E-state index in [0.29, 0.717) is 17.9 Å². The van der Waals surface area contributed by atoms with Gasteiger partial charge in [0.25, 0.3) is 5.91 Å². The molecule has 2 N–H and O–H groups in total. The van der Waals surface area contributed by atoms with Gasteiger partial charge in [0.15, 0.2) is 6.61 Å². The topological polar surface area (TPSA) is 98.7 Å². The number of carbonyl (C=O) groups is 2. The van der Waals surface area contributed by atoms with Crippen molar-refractivity contribution in [2.24, 2.45) is 0 Å². The Kier molecular flexibility index (Phi) is 5.14. The molecule has 0 saturated heterocycles. The van der Waals surface area contributed by atoms with Gasteiger partial charge in [-0.15, -0.1) is 6.58 Å². The maximum absolute atomic E-state index is 12.3. The van der Waals surface area contributed by atoms with E-state index in [2.05, 4.69) is 11.7 Å². The largest absolute Gasteiger partial charge is 0.452 e. The quantitative estimate of drug-likeness (QED) is 0.646. The molecule has 1 amide bonds. The summed E-state index contributed by atoms with van der Waals surface area (Å²) in [5, 5.41) is 3.57. The standard InChI is InChI=1S/C16H17N3O4/c1-3-9-19(12-7-5-4-6-8-12)13(20)10-22-16(21)14-11(2)18-23-15(14)17/h3-8H,1,9-10,17H2,2H3. The zero-order valence-electron chi connectivity index (χ0n) is 12.7. The summed E-state index contributed by atoms with van der Waals surface area (Å²) in [7, 11) is 0. The summed E-state index contributed by atoms with van der Waals surface area (Å²) in [5.74, 6) is -1.26. The van der Waals surface area contributed by atoms with Crippen LogP contribution in [0.1, 0.15) is 16.1 Å². The number of para-hydroxylation sites is 1. The second kappa shape index (κ2) is 7.26. The molecule has 1 aromatic heterocycles. The molecule has 0 aliphatic heterocycles. The summed E-state index contributed by atoms with van der Waals surface area (Å²) in [4.78, 5) is 25.7. The van der Waals surface area contributed by atoms with Gasteiger partial charge < -0.3 is 19.9 Å². The summed E-state index contributed by atoms with van der Waals surface area (Å²) in [5.41, 5.74) is 6.54. The van der Waals surface area contributed by atoms with E-state index in [1.54, 1.807) is 25.1 Å². The van der Waals surface area contributed by atoms with E-state index in [-0.39, 0.29) is 17.4 Å². The monoisotopic (exact) mass is 315 g/mol. The number of hydrogen-bond acceptors (Lipinski definition) is 6. The lowest BCUT2D eigenvalue weighted by Crippen LogP contribution is -2.35. The SMILES string of the molecule is C=CCN(C(=O)COC(=O)c1c(C)noc1N)c1ccccc1. The third-order valence-electron chi connectivity index (χ3n) is 3.10. The predicted octanol–water partition coefficient (Wildman–Crippen LogP) is 1.94. The molecule has 0 unspecified atom stereocenters. The molecule has 1 aromatic carbocycles. The summed E-state index contributed by atoms with van der Waals surface area (Å²) in [6.07, 6.45) is 1.59. The van der Waals surface area contributed by atoms with Crippen LogP contribution in [0.2, 0.25) is 0 Å². The van der Waals surface area contributed by atoms with Gasteiger partial charge in [-0.05, 0) is 19.1 Å². The first-order valence-electron chi connectivity index (χ1n) is 6.89. The number of aromatic nitrogens is 1. The number of esters is 1. The molecule has 120 valence electrons. The number of nitrogens with two attached hydrogens (primary N) is 1. The Bertz CT molecular complexity index is 690. The van der Waals surface area contributed by atoms with Gasteiger partial charge in [0.1, 0.15) is 5.56 Å². The first kappa shape index (κ1) is 16.3. The zero-order chi connectivity index (χ0) is 16.8. The molecule has 0 saturated carbocycles. The molecule has 0 bridgehead atoms. The number of anilines is 2. The van der Waals surface area contributed by atoms with E-state index < -0.39 is 12.6 Å². The van der Waals surface area contributed by atoms with Crippen LogP contribution in [0.15, 0.2) is 47.5 Å². The first-order valence-corrected chi connectivity index (χ1v) is 6.89. The molecule has 2 rings (SSSR count). The van der Waals surface area contributed by atoms with Crippen LogP contribution < -0.4 is 10.6 Å². The van der Waals surface area contributed by atoms with E-state index in [1.807, 2.05) is 18.2 Å². The molecule has 7 nitrogen and oxygen atoms in total. The lowest BCUT2D eigenvalue weighted by Gasteiger charge is -2.21. The molecular weight excluding hydrogens is 298 g/mol. The van der Waals surface area contributed by atoms with Crippen LogP contribution in [0.25, 0.3) is 0 Å². The maximum atomic E-state index is 12.3. The molecule has 0 fully saturated rings. The Morgan fingerprint density at radius 3 is 2.65 bits per heavy atom. The van der Waals surface area contributed by atoms with Crippen molar-refractivity contribution < 1.29 is 18.8 Å². The van der Waals surface area contributed by atoms with Crippen LogP contribution in [-0.4, -0.2) is 30.2 Å². The van der Waals surface area contributed by atoms with Crippen LogP contribution in [0.4, 0.5) is 11.6 Å². The minimum atomic E-state index is -0.749. The average molecular weight is 315 g/mol. The number of hydrogen-bond donors (Lipinski definition) is 1. The molecule has 0 radical (unpaired) electrons. The molecule has 0 spiro atoms. The van der Waals surface area contributed by atoms with Gasteiger partial charge in [-0.3, -0.25) is 4.79 Å². The van der Waals surface area contributed by atoms with Crippen molar-refractivity contribution >= 4 is 23.4 Å². The molecular formula is C16H17N3O4. The zero-order valence-corrected chi connectivity index (χ0v) is 12.7. The van der Waals surface area contributed by atoms with Crippen molar-refractivity contribution in [1.29, 1.82) is 0 Å². The highest BCUT2D eigenvalue weighted by Crippen LogP contribution is 2.17. The predicted molar refractivity (Wildman–Crippen MR) is 84.9 cm³/mol. The van der Waals surface area contributed by atoms with E-state index in [4.69, 9.17) is 15.0 Å². The first-order chi connectivity index (χ1) is 11.0. The van der Waals surface area contributed by atoms with Gasteiger partial charge in [0.2, 0.25) is 5.88 Å². The number of rotatable bonds is 6. The minimum Gasteiger partial charge on any atom is -0.452 e. The third-order valence-corrected chi connectivity index (χ3v) is 3.10. The van der Waals surface area contributed by atoms with Crippen molar-refractivity contribution in [3.8, 4) is 0 Å². The van der Waals surface area contributed by atoms with E-state index in [1.165, 1.54) is 4.90 Å². The Labute approximate surface area is 133 Å². The lowest BCUT2D eigenvalue weighted by atomic mass is 10.2. The fourth-order valence-electron chi connectivity index (χ4n) is 2.00. The summed E-state index contributed by atoms with van der Waals surface area (Å²) >= 11 is 0. The van der Waals surface area contributed by atoms with Crippen molar-refractivity contribution in [3.63, 3.8) is 0 Å². The smallest absolute Gasteiger partial charge is 0.346 e. The van der Waals surface area contributed by atoms with E-state index in [9.17, 15) is 9.59 Å². The Morgan fingerprint density at radius 1 is 1.39 bits per heavy atom. The van der Waals surface area contributed by atoms with Gasteiger partial charge in [-0.1, -0.05) is 29.4 Å².